The van der Waals surface area contributed by atoms with Gasteiger partial charge in [-0.15, -0.1) is 0 Å². The largest absolute Gasteiger partial charge is 0.384 e. The van der Waals surface area contributed by atoms with Gasteiger partial charge in [0, 0.05) is 24.8 Å². The zero-order valence-electron chi connectivity index (χ0n) is 10.3. The molecule has 1 aromatic heterocycles. The first-order valence-electron chi connectivity index (χ1n) is 5.77. The summed E-state index contributed by atoms with van der Waals surface area (Å²) < 4.78 is 13.5. The zero-order chi connectivity index (χ0) is 13.0. The second kappa shape index (κ2) is 5.60. The van der Waals surface area contributed by atoms with Crippen molar-refractivity contribution in [2.45, 2.75) is 13.1 Å². The van der Waals surface area contributed by atoms with Gasteiger partial charge in [0.1, 0.15) is 11.6 Å². The van der Waals surface area contributed by atoms with E-state index in [2.05, 4.69) is 4.98 Å². The molecule has 18 heavy (non-hydrogen) atoms. The fourth-order valence-corrected chi connectivity index (χ4v) is 1.81. The molecule has 0 amide bonds. The van der Waals surface area contributed by atoms with Gasteiger partial charge < -0.3 is 5.73 Å². The number of hydrogen-bond acceptors (Lipinski definition) is 3. The molecular formula is C14H16FN3. The molecule has 1 aromatic carbocycles. The average molecular weight is 245 g/mol. The van der Waals surface area contributed by atoms with Crippen LogP contribution in [0, 0.1) is 5.82 Å². The predicted molar refractivity (Wildman–Crippen MR) is 70.2 cm³/mol. The van der Waals surface area contributed by atoms with E-state index in [0.29, 0.717) is 24.5 Å². The maximum absolute atomic E-state index is 13.5. The van der Waals surface area contributed by atoms with Gasteiger partial charge in [0.05, 0.1) is 0 Å². The van der Waals surface area contributed by atoms with Crippen molar-refractivity contribution in [1.82, 2.24) is 9.88 Å². The molecule has 0 saturated carbocycles. The summed E-state index contributed by atoms with van der Waals surface area (Å²) in [6, 6.07) is 10.5. The lowest BCUT2D eigenvalue weighted by molar-refractivity contribution is 0.313. The second-order valence-electron chi connectivity index (χ2n) is 4.36. The Morgan fingerprint density at radius 3 is 2.61 bits per heavy atom. The van der Waals surface area contributed by atoms with Crippen LogP contribution < -0.4 is 5.73 Å². The molecule has 0 aliphatic heterocycles. The molecule has 0 radical (unpaired) electrons. The summed E-state index contributed by atoms with van der Waals surface area (Å²) in [5.74, 6) is 0.343. The first-order valence-corrected chi connectivity index (χ1v) is 5.77. The Hall–Kier alpha value is -1.94. The van der Waals surface area contributed by atoms with Gasteiger partial charge in [-0.2, -0.15) is 0 Å². The van der Waals surface area contributed by atoms with E-state index in [-0.39, 0.29) is 5.82 Å². The highest BCUT2D eigenvalue weighted by Gasteiger charge is 2.05. The summed E-state index contributed by atoms with van der Waals surface area (Å²) in [6.45, 7) is 1.28. The van der Waals surface area contributed by atoms with Gasteiger partial charge in [0.2, 0.25) is 0 Å². The van der Waals surface area contributed by atoms with Gasteiger partial charge in [-0.25, -0.2) is 9.37 Å². The highest BCUT2D eigenvalue weighted by Crippen LogP contribution is 2.11. The van der Waals surface area contributed by atoms with Crippen molar-refractivity contribution in [3.63, 3.8) is 0 Å². The van der Waals surface area contributed by atoms with Crippen molar-refractivity contribution in [1.29, 1.82) is 0 Å². The topological polar surface area (TPSA) is 42.1 Å². The minimum atomic E-state index is -0.167. The number of hydrogen-bond donors (Lipinski definition) is 1. The Bertz CT molecular complexity index is 511. The molecule has 0 bridgehead atoms. The fraction of sp³-hybridized carbons (Fsp3) is 0.214. The Balaban J connectivity index is 1.99. The van der Waals surface area contributed by atoms with E-state index >= 15 is 0 Å². The van der Waals surface area contributed by atoms with Crippen molar-refractivity contribution < 1.29 is 4.39 Å². The third-order valence-electron chi connectivity index (χ3n) is 2.70. The average Bonchev–Trinajstić information content (AvgIpc) is 2.35. The Morgan fingerprint density at radius 2 is 1.94 bits per heavy atom. The molecule has 0 spiro atoms. The molecular weight excluding hydrogens is 229 g/mol. The molecule has 2 aromatic rings. The Kier molecular flexibility index (Phi) is 3.89. The normalized spacial score (nSPS) is 10.8. The first kappa shape index (κ1) is 12.5. The predicted octanol–water partition coefficient (Wildman–Crippen LogP) is 2.43. The minimum Gasteiger partial charge on any atom is -0.384 e. The van der Waals surface area contributed by atoms with Crippen molar-refractivity contribution in [2.24, 2.45) is 0 Å². The van der Waals surface area contributed by atoms with E-state index in [0.717, 1.165) is 5.56 Å². The number of halogens is 1. The van der Waals surface area contributed by atoms with E-state index < -0.39 is 0 Å². The molecule has 3 nitrogen and oxygen atoms in total. The summed E-state index contributed by atoms with van der Waals surface area (Å²) in [7, 11) is 1.95. The van der Waals surface area contributed by atoms with Gasteiger partial charge in [0.15, 0.2) is 0 Å². The molecule has 1 heterocycles. The SMILES string of the molecule is CN(Cc1ccc(N)nc1)Cc1ccccc1F. The lowest BCUT2D eigenvalue weighted by atomic mass is 10.2. The Morgan fingerprint density at radius 1 is 1.17 bits per heavy atom. The number of anilines is 1. The van der Waals surface area contributed by atoms with Crippen LogP contribution >= 0.6 is 0 Å². The van der Waals surface area contributed by atoms with E-state index in [4.69, 9.17) is 5.73 Å². The number of benzene rings is 1. The highest BCUT2D eigenvalue weighted by molar-refractivity contribution is 5.29. The molecule has 0 saturated heterocycles. The van der Waals surface area contributed by atoms with Gasteiger partial charge in [-0.1, -0.05) is 24.3 Å². The molecule has 2 rings (SSSR count). The number of nitrogen functional groups attached to an aromatic ring is 1. The number of pyridine rings is 1. The van der Waals surface area contributed by atoms with Crippen LogP contribution in [0.25, 0.3) is 0 Å². The number of rotatable bonds is 4. The molecule has 4 heteroatoms. The number of nitrogens with two attached hydrogens (primary N) is 1. The first-order chi connectivity index (χ1) is 8.65. The Labute approximate surface area is 106 Å². The summed E-state index contributed by atoms with van der Waals surface area (Å²) in [5.41, 5.74) is 7.28. The highest BCUT2D eigenvalue weighted by atomic mass is 19.1. The maximum Gasteiger partial charge on any atom is 0.127 e. The molecule has 0 fully saturated rings. The van der Waals surface area contributed by atoms with Gasteiger partial charge in [0.25, 0.3) is 0 Å². The van der Waals surface area contributed by atoms with Crippen LogP contribution in [0.15, 0.2) is 42.6 Å². The van der Waals surface area contributed by atoms with E-state index in [1.165, 1.54) is 6.07 Å². The monoisotopic (exact) mass is 245 g/mol. The lowest BCUT2D eigenvalue weighted by Crippen LogP contribution is -2.18. The van der Waals surface area contributed by atoms with Crippen LogP contribution in [0.3, 0.4) is 0 Å². The quantitative estimate of drug-likeness (QED) is 0.899. The zero-order valence-corrected chi connectivity index (χ0v) is 10.3. The van der Waals surface area contributed by atoms with Crippen molar-refractivity contribution in [3.8, 4) is 0 Å². The van der Waals surface area contributed by atoms with Gasteiger partial charge in [-0.05, 0) is 24.7 Å². The smallest absolute Gasteiger partial charge is 0.127 e. The number of aromatic nitrogens is 1. The standard InChI is InChI=1S/C14H16FN3/c1-18(9-11-6-7-14(16)17-8-11)10-12-4-2-3-5-13(12)15/h2-8H,9-10H2,1H3,(H2,16,17). The molecule has 0 atom stereocenters. The van der Waals surface area contributed by atoms with Crippen molar-refractivity contribution in [2.75, 3.05) is 12.8 Å². The van der Waals surface area contributed by atoms with E-state index in [1.807, 2.05) is 24.1 Å². The van der Waals surface area contributed by atoms with Crippen molar-refractivity contribution >= 4 is 5.82 Å². The van der Waals surface area contributed by atoms with Crippen LogP contribution in [0.4, 0.5) is 10.2 Å². The summed E-state index contributed by atoms with van der Waals surface area (Å²) in [5, 5.41) is 0. The van der Waals surface area contributed by atoms with E-state index in [1.54, 1.807) is 24.4 Å². The lowest BCUT2D eigenvalue weighted by Gasteiger charge is -2.17. The minimum absolute atomic E-state index is 0.167. The summed E-state index contributed by atoms with van der Waals surface area (Å²) >= 11 is 0. The molecule has 0 aliphatic carbocycles. The molecule has 94 valence electrons. The summed E-state index contributed by atoms with van der Waals surface area (Å²) in [6.07, 6.45) is 1.74. The van der Waals surface area contributed by atoms with Crippen molar-refractivity contribution in [3.05, 3.63) is 59.5 Å². The third kappa shape index (κ3) is 3.28. The molecule has 0 aliphatic rings. The third-order valence-corrected chi connectivity index (χ3v) is 2.70. The molecule has 2 N–H and O–H groups in total. The van der Waals surface area contributed by atoms with Crippen LogP contribution in [-0.2, 0) is 13.1 Å². The van der Waals surface area contributed by atoms with Gasteiger partial charge >= 0.3 is 0 Å². The van der Waals surface area contributed by atoms with Gasteiger partial charge in [-0.3, -0.25) is 4.90 Å². The van der Waals surface area contributed by atoms with E-state index in [9.17, 15) is 4.39 Å². The summed E-state index contributed by atoms with van der Waals surface area (Å²) in [4.78, 5) is 6.07. The fourth-order valence-electron chi connectivity index (χ4n) is 1.81. The number of nitrogens with zero attached hydrogens (tertiary/aromatic N) is 2. The molecule has 0 unspecified atom stereocenters. The maximum atomic E-state index is 13.5. The second-order valence-corrected chi connectivity index (χ2v) is 4.36. The van der Waals surface area contributed by atoms with Crippen LogP contribution in [0.2, 0.25) is 0 Å². The van der Waals surface area contributed by atoms with Crippen LogP contribution in [0.5, 0.6) is 0 Å². The van der Waals surface area contributed by atoms with Crippen LogP contribution in [0.1, 0.15) is 11.1 Å². The van der Waals surface area contributed by atoms with Crippen LogP contribution in [-0.4, -0.2) is 16.9 Å².